The van der Waals surface area contributed by atoms with Gasteiger partial charge in [-0.25, -0.2) is 9.37 Å². The summed E-state index contributed by atoms with van der Waals surface area (Å²) in [6, 6.07) is 0. The summed E-state index contributed by atoms with van der Waals surface area (Å²) in [5.41, 5.74) is 4.85. The molecule has 110 valence electrons. The maximum atomic E-state index is 14.0. The molecule has 2 atom stereocenters. The molecule has 2 aromatic rings. The van der Waals surface area contributed by atoms with Crippen LogP contribution in [0.5, 0.6) is 0 Å². The first kappa shape index (κ1) is 14.1. The Hall–Kier alpha value is -1.88. The van der Waals surface area contributed by atoms with Crippen LogP contribution in [-0.2, 0) is 4.74 Å². The molecule has 2 aromatic heterocycles. The summed E-state index contributed by atoms with van der Waals surface area (Å²) >= 11 is 5.77. The second-order valence-electron chi connectivity index (χ2n) is 4.87. The number of hydrogen-bond donors (Lipinski definition) is 2. The zero-order valence-electron chi connectivity index (χ0n) is 10.9. The largest absolute Gasteiger partial charge is 0.392 e. The van der Waals surface area contributed by atoms with Crippen LogP contribution in [0.25, 0.3) is 11.0 Å². The van der Waals surface area contributed by atoms with Crippen molar-refractivity contribution in [1.82, 2.24) is 14.5 Å². The Morgan fingerprint density at radius 1 is 1.67 bits per heavy atom. The van der Waals surface area contributed by atoms with Gasteiger partial charge in [-0.2, -0.15) is 4.98 Å². The van der Waals surface area contributed by atoms with Gasteiger partial charge >= 0.3 is 0 Å². The number of halogens is 2. The molecule has 1 aliphatic heterocycles. The number of rotatable bonds is 2. The fourth-order valence-electron chi connectivity index (χ4n) is 2.52. The monoisotopic (exact) mass is 310 g/mol. The van der Waals surface area contributed by atoms with Gasteiger partial charge in [0.2, 0.25) is 5.28 Å². The van der Waals surface area contributed by atoms with E-state index in [1.165, 1.54) is 10.8 Å². The van der Waals surface area contributed by atoms with E-state index in [1.807, 2.05) is 0 Å². The lowest BCUT2D eigenvalue weighted by Gasteiger charge is -2.21. The van der Waals surface area contributed by atoms with Crippen LogP contribution in [0.1, 0.15) is 19.1 Å². The number of nitrogens with zero attached hydrogens (tertiary/aromatic N) is 3. The lowest BCUT2D eigenvalue weighted by atomic mass is 10.0. The van der Waals surface area contributed by atoms with E-state index in [9.17, 15) is 9.50 Å². The zero-order chi connectivity index (χ0) is 15.2. The highest BCUT2D eigenvalue weighted by molar-refractivity contribution is 6.28. The molecule has 1 aliphatic rings. The normalized spacial score (nSPS) is 25.3. The number of anilines is 1. The Morgan fingerprint density at radius 3 is 3.05 bits per heavy atom. The molecular weight excluding hydrogens is 299 g/mol. The van der Waals surface area contributed by atoms with E-state index in [4.69, 9.17) is 28.5 Å². The summed E-state index contributed by atoms with van der Waals surface area (Å²) in [4.78, 5) is 7.73. The van der Waals surface area contributed by atoms with Gasteiger partial charge in [-0.1, -0.05) is 5.92 Å². The fourth-order valence-corrected chi connectivity index (χ4v) is 2.69. The number of fused-ring (bicyclic) bond motifs is 1. The predicted octanol–water partition coefficient (Wildman–Crippen LogP) is 1.48. The molecule has 3 rings (SSSR count). The minimum atomic E-state index is -1.06. The molecule has 8 heteroatoms. The highest BCUT2D eigenvalue weighted by Crippen LogP contribution is 2.38. The highest BCUT2D eigenvalue weighted by atomic mass is 35.5. The van der Waals surface area contributed by atoms with Crippen molar-refractivity contribution in [3.63, 3.8) is 0 Å². The number of aromatic nitrogens is 3. The van der Waals surface area contributed by atoms with Crippen LogP contribution in [0, 0.1) is 18.2 Å². The van der Waals surface area contributed by atoms with Crippen molar-refractivity contribution in [3.8, 4) is 12.3 Å². The topological polar surface area (TPSA) is 86.2 Å². The Bertz CT molecular complexity index is 757. The third-order valence-corrected chi connectivity index (χ3v) is 3.78. The molecule has 0 bridgehead atoms. The van der Waals surface area contributed by atoms with Gasteiger partial charge in [0.1, 0.15) is 12.0 Å². The van der Waals surface area contributed by atoms with Crippen LogP contribution in [0.3, 0.4) is 0 Å². The highest BCUT2D eigenvalue weighted by Gasteiger charge is 2.40. The average molecular weight is 311 g/mol. The number of aliphatic hydroxyl groups excluding tert-OH is 1. The lowest BCUT2D eigenvalue weighted by molar-refractivity contribution is -0.0617. The summed E-state index contributed by atoms with van der Waals surface area (Å²) in [7, 11) is 0. The van der Waals surface area contributed by atoms with E-state index in [0.29, 0.717) is 12.8 Å². The molecule has 6 nitrogen and oxygen atoms in total. The minimum Gasteiger partial charge on any atom is -0.392 e. The number of ether oxygens (including phenoxy) is 1. The predicted molar refractivity (Wildman–Crippen MR) is 74.9 cm³/mol. The van der Waals surface area contributed by atoms with E-state index in [0.717, 1.165) is 0 Å². The summed E-state index contributed by atoms with van der Waals surface area (Å²) in [6.45, 7) is -0.306. The standard InChI is InChI=1S/C13H12ClFN4O2/c1-2-13(6-20)4-3-8(21-13)19-5-7(15)9-10(16)17-12(14)18-11(9)19/h1,5,8,20H,3-4,6H2,(H2,16,17,18)/t8-,13?/m1/s1. The molecule has 0 saturated carbocycles. The van der Waals surface area contributed by atoms with Crippen LogP contribution in [0.2, 0.25) is 5.28 Å². The van der Waals surface area contributed by atoms with E-state index in [1.54, 1.807) is 0 Å². The van der Waals surface area contributed by atoms with Gasteiger partial charge in [-0.3, -0.25) is 0 Å². The first-order valence-electron chi connectivity index (χ1n) is 6.25. The smallest absolute Gasteiger partial charge is 0.226 e. The van der Waals surface area contributed by atoms with Gasteiger partial charge in [0.25, 0.3) is 0 Å². The van der Waals surface area contributed by atoms with Crippen molar-refractivity contribution in [1.29, 1.82) is 0 Å². The maximum absolute atomic E-state index is 14.0. The third kappa shape index (κ3) is 2.12. The Balaban J connectivity index is 2.09. The average Bonchev–Trinajstić information content (AvgIpc) is 3.01. The van der Waals surface area contributed by atoms with E-state index in [-0.39, 0.29) is 28.7 Å². The molecular formula is C13H12ClFN4O2. The van der Waals surface area contributed by atoms with Crippen LogP contribution >= 0.6 is 11.6 Å². The molecule has 3 N–H and O–H groups in total. The van der Waals surface area contributed by atoms with E-state index < -0.39 is 17.6 Å². The maximum Gasteiger partial charge on any atom is 0.226 e. The molecule has 0 radical (unpaired) electrons. The van der Waals surface area contributed by atoms with Crippen molar-refractivity contribution in [2.75, 3.05) is 12.3 Å². The summed E-state index contributed by atoms with van der Waals surface area (Å²) in [5.74, 6) is 1.84. The first-order chi connectivity index (χ1) is 9.99. The number of nitrogen functional groups attached to an aromatic ring is 1. The van der Waals surface area contributed by atoms with Gasteiger partial charge in [-0.05, 0) is 24.4 Å². The van der Waals surface area contributed by atoms with Crippen LogP contribution in [-0.4, -0.2) is 31.8 Å². The Morgan fingerprint density at radius 2 is 2.43 bits per heavy atom. The van der Waals surface area contributed by atoms with Crippen molar-refractivity contribution in [3.05, 3.63) is 17.3 Å². The number of hydrogen-bond acceptors (Lipinski definition) is 5. The molecule has 0 aromatic carbocycles. The quantitative estimate of drug-likeness (QED) is 0.648. The minimum absolute atomic E-state index is 0.0374. The molecule has 21 heavy (non-hydrogen) atoms. The van der Waals surface area contributed by atoms with Crippen molar-refractivity contribution in [2.24, 2.45) is 0 Å². The van der Waals surface area contributed by atoms with Gasteiger partial charge in [-0.15, -0.1) is 6.42 Å². The van der Waals surface area contributed by atoms with Crippen molar-refractivity contribution in [2.45, 2.75) is 24.7 Å². The molecule has 0 spiro atoms. The molecule has 1 unspecified atom stereocenters. The number of nitrogens with two attached hydrogens (primary N) is 1. The number of aliphatic hydroxyl groups is 1. The SMILES string of the molecule is C#CC1(CO)CC[C@H](n2cc(F)c3c(N)nc(Cl)nc32)O1. The molecule has 0 amide bonds. The van der Waals surface area contributed by atoms with Gasteiger partial charge in [0.15, 0.2) is 17.1 Å². The molecule has 1 saturated heterocycles. The van der Waals surface area contributed by atoms with Crippen molar-refractivity contribution < 1.29 is 14.2 Å². The summed E-state index contributed by atoms with van der Waals surface area (Å²) in [5, 5.41) is 9.38. The van der Waals surface area contributed by atoms with E-state index in [2.05, 4.69) is 15.9 Å². The van der Waals surface area contributed by atoms with Gasteiger partial charge in [0.05, 0.1) is 12.0 Å². The Kier molecular flexibility index (Phi) is 3.24. The van der Waals surface area contributed by atoms with Gasteiger partial charge in [0, 0.05) is 6.20 Å². The zero-order valence-corrected chi connectivity index (χ0v) is 11.6. The molecule has 0 aliphatic carbocycles. The number of terminal acetylenes is 1. The fraction of sp³-hybridized carbons (Fsp3) is 0.385. The Labute approximate surface area is 124 Å². The van der Waals surface area contributed by atoms with Gasteiger partial charge < -0.3 is 20.1 Å². The summed E-state index contributed by atoms with van der Waals surface area (Å²) < 4.78 is 21.2. The molecule has 1 fully saturated rings. The third-order valence-electron chi connectivity index (χ3n) is 3.61. The lowest BCUT2D eigenvalue weighted by Crippen LogP contribution is -2.31. The van der Waals surface area contributed by atoms with Crippen LogP contribution < -0.4 is 5.73 Å². The molecule has 3 heterocycles. The van der Waals surface area contributed by atoms with E-state index >= 15 is 0 Å². The first-order valence-corrected chi connectivity index (χ1v) is 6.63. The van der Waals surface area contributed by atoms with Crippen LogP contribution in [0.4, 0.5) is 10.2 Å². The van der Waals surface area contributed by atoms with Crippen LogP contribution in [0.15, 0.2) is 6.20 Å². The second kappa shape index (κ2) is 4.84. The second-order valence-corrected chi connectivity index (χ2v) is 5.21. The summed E-state index contributed by atoms with van der Waals surface area (Å²) in [6.07, 6.45) is 7.04. The van der Waals surface area contributed by atoms with Crippen molar-refractivity contribution >= 4 is 28.5 Å².